The van der Waals surface area contributed by atoms with Gasteiger partial charge in [0, 0.05) is 15.9 Å². The van der Waals surface area contributed by atoms with Gasteiger partial charge in [-0.3, -0.25) is 0 Å². The maximum Gasteiger partial charge on any atom is 0.387 e. The van der Waals surface area contributed by atoms with Crippen LogP contribution in [0.1, 0.15) is 19.4 Å². The Kier molecular flexibility index (Phi) is 6.09. The Morgan fingerprint density at radius 2 is 2.11 bits per heavy atom. The average Bonchev–Trinajstić information content (AvgIpc) is 2.28. The lowest BCUT2D eigenvalue weighted by atomic mass is 10.0. The maximum absolute atomic E-state index is 12.3. The van der Waals surface area contributed by atoms with Crippen molar-refractivity contribution in [3.05, 3.63) is 34.4 Å². The van der Waals surface area contributed by atoms with Gasteiger partial charge in [-0.25, -0.2) is 0 Å². The number of alkyl halides is 3. The number of hydrogen-bond acceptors (Lipinski definition) is 1. The number of rotatable bonds is 5. The van der Waals surface area contributed by atoms with Gasteiger partial charge in [-0.2, -0.15) is 8.78 Å². The molecule has 0 spiro atoms. The molecule has 18 heavy (non-hydrogen) atoms. The van der Waals surface area contributed by atoms with Gasteiger partial charge in [-0.1, -0.05) is 53.0 Å². The molecule has 0 atom stereocenters. The van der Waals surface area contributed by atoms with Crippen molar-refractivity contribution >= 4 is 33.6 Å². The summed E-state index contributed by atoms with van der Waals surface area (Å²) < 4.78 is 29.1. The molecule has 0 aromatic heterocycles. The highest BCUT2D eigenvalue weighted by atomic mass is 79.9. The van der Waals surface area contributed by atoms with Crippen molar-refractivity contribution in [2.45, 2.75) is 20.5 Å². The average molecular weight is 340 g/mol. The van der Waals surface area contributed by atoms with Crippen LogP contribution in [-0.2, 0) is 0 Å². The third-order valence-electron chi connectivity index (χ3n) is 2.42. The summed E-state index contributed by atoms with van der Waals surface area (Å²) in [6, 6.07) is 4.59. The molecule has 100 valence electrons. The summed E-state index contributed by atoms with van der Waals surface area (Å²) in [6.07, 6.45) is 1.82. The van der Waals surface area contributed by atoms with Crippen LogP contribution in [0.5, 0.6) is 5.75 Å². The Morgan fingerprint density at radius 3 is 2.61 bits per heavy atom. The SMILES string of the molecule is CC(C)C(=Cc1cc(Cl)ccc1OC(F)F)CBr. The van der Waals surface area contributed by atoms with Gasteiger partial charge in [-0.15, -0.1) is 0 Å². The smallest absolute Gasteiger partial charge is 0.387 e. The van der Waals surface area contributed by atoms with E-state index in [9.17, 15) is 8.78 Å². The van der Waals surface area contributed by atoms with Gasteiger partial charge in [0.2, 0.25) is 0 Å². The van der Waals surface area contributed by atoms with Gasteiger partial charge in [-0.05, 0) is 24.1 Å². The molecule has 0 saturated heterocycles. The lowest BCUT2D eigenvalue weighted by Crippen LogP contribution is -2.04. The fraction of sp³-hybridized carbons (Fsp3) is 0.385. The molecule has 0 bridgehead atoms. The van der Waals surface area contributed by atoms with Crippen molar-refractivity contribution < 1.29 is 13.5 Å². The van der Waals surface area contributed by atoms with Crippen LogP contribution < -0.4 is 4.74 Å². The normalized spacial score (nSPS) is 12.3. The van der Waals surface area contributed by atoms with Crippen molar-refractivity contribution in [1.82, 2.24) is 0 Å². The number of allylic oxidation sites excluding steroid dienone is 1. The second kappa shape index (κ2) is 7.10. The summed E-state index contributed by atoms with van der Waals surface area (Å²) in [5, 5.41) is 1.16. The van der Waals surface area contributed by atoms with E-state index in [2.05, 4.69) is 20.7 Å². The maximum atomic E-state index is 12.3. The molecule has 0 aliphatic heterocycles. The van der Waals surface area contributed by atoms with Gasteiger partial charge >= 0.3 is 6.61 Å². The fourth-order valence-electron chi connectivity index (χ4n) is 1.39. The first kappa shape index (κ1) is 15.4. The van der Waals surface area contributed by atoms with Crippen LogP contribution in [0.3, 0.4) is 0 Å². The van der Waals surface area contributed by atoms with Crippen LogP contribution in [0.4, 0.5) is 8.78 Å². The van der Waals surface area contributed by atoms with Crippen LogP contribution in [0.25, 0.3) is 6.08 Å². The van der Waals surface area contributed by atoms with Crippen molar-refractivity contribution in [2.24, 2.45) is 5.92 Å². The van der Waals surface area contributed by atoms with Gasteiger partial charge in [0.25, 0.3) is 0 Å². The minimum Gasteiger partial charge on any atom is -0.434 e. The van der Waals surface area contributed by atoms with Crippen LogP contribution in [0, 0.1) is 5.92 Å². The molecular weight excluding hydrogens is 325 g/mol. The molecule has 0 radical (unpaired) electrons. The lowest BCUT2D eigenvalue weighted by molar-refractivity contribution is -0.0499. The molecule has 5 heteroatoms. The van der Waals surface area contributed by atoms with E-state index in [1.165, 1.54) is 12.1 Å². The quantitative estimate of drug-likeness (QED) is 0.655. The van der Waals surface area contributed by atoms with Gasteiger partial charge in [0.05, 0.1) is 0 Å². The summed E-state index contributed by atoms with van der Waals surface area (Å²) in [5.41, 5.74) is 1.64. The first-order valence-corrected chi connectivity index (χ1v) is 6.94. The predicted molar refractivity (Wildman–Crippen MR) is 74.7 cm³/mol. The summed E-state index contributed by atoms with van der Waals surface area (Å²) in [4.78, 5) is 0. The monoisotopic (exact) mass is 338 g/mol. The summed E-state index contributed by atoms with van der Waals surface area (Å²) in [5.74, 6) is 0.441. The lowest BCUT2D eigenvalue weighted by Gasteiger charge is -2.12. The van der Waals surface area contributed by atoms with Gasteiger partial charge < -0.3 is 4.74 Å². The Hall–Kier alpha value is -0.610. The van der Waals surface area contributed by atoms with E-state index in [0.717, 1.165) is 5.57 Å². The second-order valence-corrected chi connectivity index (χ2v) is 5.07. The predicted octanol–water partition coefficient (Wildman–Crippen LogP) is 5.38. The number of ether oxygens (including phenoxy) is 1. The summed E-state index contributed by atoms with van der Waals surface area (Å²) >= 11 is 9.25. The summed E-state index contributed by atoms with van der Waals surface area (Å²) in [6.45, 7) is 1.22. The first-order valence-electron chi connectivity index (χ1n) is 5.44. The minimum absolute atomic E-state index is 0.133. The van der Waals surface area contributed by atoms with E-state index in [4.69, 9.17) is 11.6 Å². The molecule has 0 saturated carbocycles. The molecule has 0 fully saturated rings. The highest BCUT2D eigenvalue weighted by molar-refractivity contribution is 9.09. The zero-order valence-corrected chi connectivity index (χ0v) is 12.4. The van der Waals surface area contributed by atoms with Crippen molar-refractivity contribution in [2.75, 3.05) is 5.33 Å². The highest BCUT2D eigenvalue weighted by Crippen LogP contribution is 2.28. The molecule has 0 N–H and O–H groups in total. The molecule has 1 rings (SSSR count). The van der Waals surface area contributed by atoms with Crippen LogP contribution in [0.2, 0.25) is 5.02 Å². The van der Waals surface area contributed by atoms with Gasteiger partial charge in [0.1, 0.15) is 5.75 Å². The largest absolute Gasteiger partial charge is 0.434 e. The van der Waals surface area contributed by atoms with Crippen molar-refractivity contribution in [3.8, 4) is 5.75 Å². The fourth-order valence-corrected chi connectivity index (χ4v) is 2.38. The van der Waals surface area contributed by atoms with Gasteiger partial charge in [0.15, 0.2) is 0 Å². The molecule has 1 aromatic carbocycles. The molecule has 0 heterocycles. The van der Waals surface area contributed by atoms with Crippen LogP contribution in [-0.4, -0.2) is 11.9 Å². The molecule has 0 amide bonds. The zero-order chi connectivity index (χ0) is 13.7. The van der Waals surface area contributed by atoms with Crippen LogP contribution >= 0.6 is 27.5 Å². The van der Waals surface area contributed by atoms with Crippen molar-refractivity contribution in [1.29, 1.82) is 0 Å². The minimum atomic E-state index is -2.84. The molecule has 1 aromatic rings. The van der Waals surface area contributed by atoms with Crippen LogP contribution in [0.15, 0.2) is 23.8 Å². The highest BCUT2D eigenvalue weighted by Gasteiger charge is 2.10. The van der Waals surface area contributed by atoms with E-state index in [1.54, 1.807) is 6.07 Å². The Labute approximate surface area is 119 Å². The van der Waals surface area contributed by atoms with E-state index < -0.39 is 6.61 Å². The van der Waals surface area contributed by atoms with E-state index in [1.807, 2.05) is 19.9 Å². The summed E-state index contributed by atoms with van der Waals surface area (Å²) in [7, 11) is 0. The van der Waals surface area contributed by atoms with E-state index in [-0.39, 0.29) is 5.75 Å². The molecule has 0 aliphatic carbocycles. The Morgan fingerprint density at radius 1 is 1.44 bits per heavy atom. The third kappa shape index (κ3) is 4.58. The van der Waals surface area contributed by atoms with E-state index in [0.29, 0.717) is 21.8 Å². The zero-order valence-electron chi connectivity index (χ0n) is 10.1. The third-order valence-corrected chi connectivity index (χ3v) is 3.31. The number of hydrogen-bond donors (Lipinski definition) is 0. The molecule has 0 aliphatic rings. The Bertz CT molecular complexity index is 433. The number of benzene rings is 1. The van der Waals surface area contributed by atoms with Crippen molar-refractivity contribution in [3.63, 3.8) is 0 Å². The topological polar surface area (TPSA) is 9.23 Å². The molecular formula is C13H14BrClF2O. The molecule has 1 nitrogen and oxygen atoms in total. The molecule has 0 unspecified atom stereocenters. The number of halogens is 4. The second-order valence-electron chi connectivity index (χ2n) is 4.07. The first-order chi connectivity index (χ1) is 8.43. The standard InChI is InChI=1S/C13H14BrClF2O/c1-8(2)10(7-14)5-9-6-11(15)3-4-12(9)18-13(16)17/h3-6,8,13H,7H2,1-2H3. The van der Waals surface area contributed by atoms with E-state index >= 15 is 0 Å². The Balaban J connectivity index is 3.16.